The van der Waals surface area contributed by atoms with Gasteiger partial charge in [0.1, 0.15) is 12.4 Å². The van der Waals surface area contributed by atoms with E-state index in [1.165, 1.54) is 4.90 Å². The van der Waals surface area contributed by atoms with Crippen LogP contribution in [0.25, 0.3) is 0 Å². The van der Waals surface area contributed by atoms with Crippen molar-refractivity contribution < 1.29 is 17.9 Å². The van der Waals surface area contributed by atoms with Gasteiger partial charge in [0.25, 0.3) is 0 Å². The summed E-state index contributed by atoms with van der Waals surface area (Å²) in [6.45, 7) is 2.67. The van der Waals surface area contributed by atoms with Crippen LogP contribution in [0.2, 0.25) is 0 Å². The minimum absolute atomic E-state index is 0.455. The molecule has 1 saturated heterocycles. The molecule has 2 rings (SSSR count). The summed E-state index contributed by atoms with van der Waals surface area (Å²) in [6.07, 6.45) is -4.11. The molecular formula is C14H18BrF3N2O. The molecule has 0 unspecified atom stereocenters. The van der Waals surface area contributed by atoms with Crippen LogP contribution in [0.15, 0.2) is 28.7 Å². The normalized spacial score (nSPS) is 17.9. The molecule has 1 fully saturated rings. The van der Waals surface area contributed by atoms with E-state index < -0.39 is 12.7 Å². The highest BCUT2D eigenvalue weighted by molar-refractivity contribution is 9.10. The van der Waals surface area contributed by atoms with Crippen molar-refractivity contribution in [1.82, 2.24) is 9.80 Å². The van der Waals surface area contributed by atoms with E-state index in [1.54, 1.807) is 0 Å². The first-order valence-corrected chi connectivity index (χ1v) is 7.61. The number of nitrogens with zero attached hydrogens (tertiary/aromatic N) is 2. The Morgan fingerprint density at radius 1 is 1.10 bits per heavy atom. The van der Waals surface area contributed by atoms with E-state index in [9.17, 15) is 13.2 Å². The number of ether oxygens (including phenoxy) is 1. The van der Waals surface area contributed by atoms with E-state index in [0.29, 0.717) is 32.8 Å². The zero-order chi connectivity index (χ0) is 15.3. The molecule has 1 aliphatic rings. The van der Waals surface area contributed by atoms with Gasteiger partial charge in [-0.15, -0.1) is 0 Å². The van der Waals surface area contributed by atoms with Crippen LogP contribution in [0.4, 0.5) is 13.2 Å². The molecule has 1 aliphatic heterocycles. The quantitative estimate of drug-likeness (QED) is 0.796. The number of alkyl halides is 3. The zero-order valence-electron chi connectivity index (χ0n) is 11.6. The molecule has 118 valence electrons. The van der Waals surface area contributed by atoms with Crippen LogP contribution in [0.1, 0.15) is 0 Å². The van der Waals surface area contributed by atoms with Gasteiger partial charge in [-0.25, -0.2) is 0 Å². The second kappa shape index (κ2) is 7.47. The number of hydrogen-bond donors (Lipinski definition) is 0. The van der Waals surface area contributed by atoms with E-state index in [1.807, 2.05) is 24.3 Å². The highest BCUT2D eigenvalue weighted by Gasteiger charge is 2.31. The Kier molecular flexibility index (Phi) is 5.89. The van der Waals surface area contributed by atoms with Crippen LogP contribution in [0, 0.1) is 0 Å². The molecule has 1 aromatic carbocycles. The summed E-state index contributed by atoms with van der Waals surface area (Å²) in [6, 6.07) is 7.59. The molecular weight excluding hydrogens is 349 g/mol. The maximum atomic E-state index is 12.3. The van der Waals surface area contributed by atoms with Gasteiger partial charge in [-0.3, -0.25) is 9.80 Å². The molecule has 21 heavy (non-hydrogen) atoms. The summed E-state index contributed by atoms with van der Waals surface area (Å²) in [7, 11) is 0. The van der Waals surface area contributed by atoms with Crippen molar-refractivity contribution in [2.24, 2.45) is 0 Å². The molecule has 1 aromatic rings. The van der Waals surface area contributed by atoms with Gasteiger partial charge < -0.3 is 4.74 Å². The maximum Gasteiger partial charge on any atom is 0.401 e. The van der Waals surface area contributed by atoms with Gasteiger partial charge in [0, 0.05) is 37.2 Å². The number of benzene rings is 1. The lowest BCUT2D eigenvalue weighted by atomic mass is 10.3. The fraction of sp³-hybridized carbons (Fsp3) is 0.571. The summed E-state index contributed by atoms with van der Waals surface area (Å²) < 4.78 is 43.4. The third-order valence-electron chi connectivity index (χ3n) is 3.34. The fourth-order valence-corrected chi connectivity index (χ4v) is 2.65. The Morgan fingerprint density at radius 3 is 2.38 bits per heavy atom. The second-order valence-corrected chi connectivity index (χ2v) is 5.95. The van der Waals surface area contributed by atoms with Gasteiger partial charge >= 0.3 is 6.18 Å². The van der Waals surface area contributed by atoms with E-state index in [4.69, 9.17) is 4.74 Å². The monoisotopic (exact) mass is 366 g/mol. The molecule has 0 bridgehead atoms. The van der Waals surface area contributed by atoms with Crippen molar-refractivity contribution in [3.63, 3.8) is 0 Å². The van der Waals surface area contributed by atoms with E-state index >= 15 is 0 Å². The molecule has 3 nitrogen and oxygen atoms in total. The number of hydrogen-bond acceptors (Lipinski definition) is 3. The van der Waals surface area contributed by atoms with Crippen LogP contribution in [0.3, 0.4) is 0 Å². The average molecular weight is 367 g/mol. The van der Waals surface area contributed by atoms with E-state index in [-0.39, 0.29) is 0 Å². The van der Waals surface area contributed by atoms with Crippen LogP contribution < -0.4 is 4.74 Å². The molecule has 0 radical (unpaired) electrons. The SMILES string of the molecule is FC(F)(F)CN1CCN(CCOc2cccc(Br)c2)CC1. The fourth-order valence-electron chi connectivity index (χ4n) is 2.27. The maximum absolute atomic E-state index is 12.3. The topological polar surface area (TPSA) is 15.7 Å². The number of rotatable bonds is 5. The van der Waals surface area contributed by atoms with Crippen LogP contribution >= 0.6 is 15.9 Å². The first-order valence-electron chi connectivity index (χ1n) is 6.82. The average Bonchev–Trinajstić information content (AvgIpc) is 2.39. The van der Waals surface area contributed by atoms with Gasteiger partial charge in [0.05, 0.1) is 6.54 Å². The van der Waals surface area contributed by atoms with Gasteiger partial charge in [-0.05, 0) is 18.2 Å². The highest BCUT2D eigenvalue weighted by atomic mass is 79.9. The molecule has 1 heterocycles. The summed E-state index contributed by atoms with van der Waals surface area (Å²) >= 11 is 3.37. The molecule has 0 aliphatic carbocycles. The van der Waals surface area contributed by atoms with Crippen molar-refractivity contribution >= 4 is 15.9 Å². The number of piperazine rings is 1. The predicted molar refractivity (Wildman–Crippen MR) is 78.6 cm³/mol. The second-order valence-electron chi connectivity index (χ2n) is 5.04. The molecule has 0 N–H and O–H groups in total. The van der Waals surface area contributed by atoms with Crippen LogP contribution in [-0.4, -0.2) is 61.9 Å². The lowest BCUT2D eigenvalue weighted by molar-refractivity contribution is -0.149. The Hall–Kier alpha value is -0.790. The van der Waals surface area contributed by atoms with Gasteiger partial charge in [0.15, 0.2) is 0 Å². The lowest BCUT2D eigenvalue weighted by Crippen LogP contribution is -2.49. The van der Waals surface area contributed by atoms with E-state index in [2.05, 4.69) is 20.8 Å². The minimum Gasteiger partial charge on any atom is -0.492 e. The zero-order valence-corrected chi connectivity index (χ0v) is 13.2. The van der Waals surface area contributed by atoms with Crippen LogP contribution in [0.5, 0.6) is 5.75 Å². The van der Waals surface area contributed by atoms with Gasteiger partial charge in [-0.1, -0.05) is 22.0 Å². The summed E-state index contributed by atoms with van der Waals surface area (Å²) in [5.41, 5.74) is 0. The summed E-state index contributed by atoms with van der Waals surface area (Å²) in [5.74, 6) is 0.792. The Morgan fingerprint density at radius 2 is 1.76 bits per heavy atom. The molecule has 0 amide bonds. The third kappa shape index (κ3) is 6.23. The van der Waals surface area contributed by atoms with Crippen molar-refractivity contribution in [2.75, 3.05) is 45.9 Å². The largest absolute Gasteiger partial charge is 0.492 e. The minimum atomic E-state index is -4.11. The van der Waals surface area contributed by atoms with Crippen molar-refractivity contribution in [2.45, 2.75) is 6.18 Å². The standard InChI is InChI=1S/C14H18BrF3N2O/c15-12-2-1-3-13(10-12)21-9-8-19-4-6-20(7-5-19)11-14(16,17)18/h1-3,10H,4-9,11H2. The number of halogens is 4. The Labute approximate surface area is 130 Å². The Bertz CT molecular complexity index is 448. The predicted octanol–water partition coefficient (Wildman–Crippen LogP) is 3.01. The smallest absolute Gasteiger partial charge is 0.401 e. The summed E-state index contributed by atoms with van der Waals surface area (Å²) in [4.78, 5) is 3.58. The molecule has 0 atom stereocenters. The molecule has 0 spiro atoms. The van der Waals surface area contributed by atoms with Gasteiger partial charge in [0.2, 0.25) is 0 Å². The first kappa shape index (κ1) is 16.6. The first-order chi connectivity index (χ1) is 9.92. The van der Waals surface area contributed by atoms with Crippen LogP contribution in [-0.2, 0) is 0 Å². The Balaban J connectivity index is 1.65. The molecule has 0 saturated carbocycles. The van der Waals surface area contributed by atoms with Crippen molar-refractivity contribution in [3.05, 3.63) is 28.7 Å². The molecule has 7 heteroatoms. The third-order valence-corrected chi connectivity index (χ3v) is 3.83. The summed E-state index contributed by atoms with van der Waals surface area (Å²) in [5, 5.41) is 0. The van der Waals surface area contributed by atoms with Crippen molar-refractivity contribution in [1.29, 1.82) is 0 Å². The highest BCUT2D eigenvalue weighted by Crippen LogP contribution is 2.18. The van der Waals surface area contributed by atoms with Gasteiger partial charge in [-0.2, -0.15) is 13.2 Å². The van der Waals surface area contributed by atoms with Crippen molar-refractivity contribution in [3.8, 4) is 5.75 Å². The molecule has 0 aromatic heterocycles. The lowest BCUT2D eigenvalue weighted by Gasteiger charge is -2.34. The van der Waals surface area contributed by atoms with E-state index in [0.717, 1.165) is 16.8 Å².